The Balaban J connectivity index is 1.50. The molecule has 3 aromatic carbocycles. The van der Waals surface area contributed by atoms with Gasteiger partial charge in [-0.3, -0.25) is 4.79 Å². The maximum Gasteiger partial charge on any atom is 0.255 e. The van der Waals surface area contributed by atoms with Gasteiger partial charge in [-0.25, -0.2) is 4.98 Å². The van der Waals surface area contributed by atoms with Crippen LogP contribution >= 0.6 is 23.2 Å². The second kappa shape index (κ2) is 12.0. The van der Waals surface area contributed by atoms with Gasteiger partial charge in [0.1, 0.15) is 11.4 Å². The first-order chi connectivity index (χ1) is 20.0. The molecule has 3 N–H and O–H groups in total. The van der Waals surface area contributed by atoms with Crippen LogP contribution in [0.25, 0.3) is 22.4 Å². The van der Waals surface area contributed by atoms with Crippen molar-refractivity contribution in [3.63, 3.8) is 0 Å². The molecular formula is C33H29Cl2N3O4. The molecule has 0 spiro atoms. The molecule has 0 saturated carbocycles. The van der Waals surface area contributed by atoms with E-state index in [-0.39, 0.29) is 23.8 Å². The van der Waals surface area contributed by atoms with Gasteiger partial charge in [-0.05, 0) is 86.7 Å². The number of ether oxygens (including phenoxy) is 1. The molecule has 1 aliphatic heterocycles. The van der Waals surface area contributed by atoms with E-state index in [1.54, 1.807) is 42.5 Å². The number of para-hydroxylation sites is 1. The van der Waals surface area contributed by atoms with E-state index >= 15 is 0 Å². The number of nitrogens with zero attached hydrogens (tertiary/aromatic N) is 2. The van der Waals surface area contributed by atoms with E-state index in [1.807, 2.05) is 32.0 Å². The average Bonchev–Trinajstić information content (AvgIpc) is 2.95. The molecule has 2 atom stereocenters. The zero-order valence-corrected chi connectivity index (χ0v) is 24.6. The Morgan fingerprint density at radius 2 is 1.86 bits per heavy atom. The fraction of sp³-hybridized carbons (Fsp3) is 0.242. The molecule has 5 rings (SSSR count). The number of phenols is 1. The number of fused-ring (bicyclic) bond motifs is 1. The summed E-state index contributed by atoms with van der Waals surface area (Å²) in [5, 5.41) is 34.0. The Morgan fingerprint density at radius 1 is 1.12 bits per heavy atom. The average molecular weight is 603 g/mol. The Hall–Kier alpha value is -4.09. The highest BCUT2D eigenvalue weighted by atomic mass is 35.5. The van der Waals surface area contributed by atoms with Gasteiger partial charge in [-0.1, -0.05) is 47.5 Å². The zero-order chi connectivity index (χ0) is 30.0. The molecule has 2 heterocycles. The second-order valence-corrected chi connectivity index (χ2v) is 11.8. The summed E-state index contributed by atoms with van der Waals surface area (Å²) in [6, 6.07) is 22.9. The summed E-state index contributed by atoms with van der Waals surface area (Å²) in [5.41, 5.74) is 3.76. The lowest BCUT2D eigenvalue weighted by molar-refractivity contribution is 0.0523. The predicted molar refractivity (Wildman–Crippen MR) is 163 cm³/mol. The summed E-state index contributed by atoms with van der Waals surface area (Å²) in [4.78, 5) is 17.6. The number of hydrogen-bond donors (Lipinski definition) is 3. The van der Waals surface area contributed by atoms with Gasteiger partial charge < -0.3 is 20.3 Å². The number of aromatic nitrogens is 1. The molecule has 0 radical (unpaired) electrons. The fourth-order valence-electron chi connectivity index (χ4n) is 5.32. The van der Waals surface area contributed by atoms with Crippen LogP contribution in [0.3, 0.4) is 0 Å². The Bertz CT molecular complexity index is 1680. The number of carbonyl (C=O) groups is 1. The van der Waals surface area contributed by atoms with Crippen LogP contribution in [0.4, 0.5) is 0 Å². The molecule has 1 aliphatic rings. The first-order valence-electron chi connectivity index (χ1n) is 13.5. The van der Waals surface area contributed by atoms with E-state index in [4.69, 9.17) is 32.9 Å². The van der Waals surface area contributed by atoms with Crippen molar-refractivity contribution in [2.75, 3.05) is 6.54 Å². The van der Waals surface area contributed by atoms with Gasteiger partial charge in [0, 0.05) is 28.3 Å². The lowest BCUT2D eigenvalue weighted by Crippen LogP contribution is -2.38. The molecular weight excluding hydrogens is 573 g/mol. The van der Waals surface area contributed by atoms with Crippen LogP contribution < -0.4 is 10.1 Å². The van der Waals surface area contributed by atoms with Crippen LogP contribution in [0.15, 0.2) is 72.8 Å². The van der Waals surface area contributed by atoms with E-state index in [9.17, 15) is 20.3 Å². The highest BCUT2D eigenvalue weighted by Gasteiger charge is 2.37. The summed E-state index contributed by atoms with van der Waals surface area (Å²) in [6.45, 7) is 3.95. The molecule has 1 amide bonds. The maximum atomic E-state index is 12.6. The lowest BCUT2D eigenvalue weighted by atomic mass is 9.81. The van der Waals surface area contributed by atoms with E-state index in [0.29, 0.717) is 45.6 Å². The molecule has 2 unspecified atom stereocenters. The second-order valence-electron chi connectivity index (χ2n) is 11.0. The van der Waals surface area contributed by atoms with Gasteiger partial charge in [0.05, 0.1) is 34.0 Å². The van der Waals surface area contributed by atoms with Crippen molar-refractivity contribution in [1.29, 1.82) is 5.26 Å². The molecule has 0 fully saturated rings. The van der Waals surface area contributed by atoms with Gasteiger partial charge in [0.25, 0.3) is 5.91 Å². The maximum absolute atomic E-state index is 12.6. The van der Waals surface area contributed by atoms with Crippen molar-refractivity contribution in [1.82, 2.24) is 10.3 Å². The smallest absolute Gasteiger partial charge is 0.255 e. The largest absolute Gasteiger partial charge is 0.507 e. The third-order valence-electron chi connectivity index (χ3n) is 7.28. The lowest BCUT2D eigenvalue weighted by Gasteiger charge is -2.38. The molecule has 1 aromatic heterocycles. The number of phenolic OH excluding ortho intramolecular Hbond substituents is 1. The van der Waals surface area contributed by atoms with Crippen molar-refractivity contribution < 1.29 is 19.7 Å². The SMILES string of the molecule is CC1(C)CC(CC(O)CNC(=O)c2ccccc2O)c2cc(-c3ccc(Cl)cc3)c(-c3ccc(C#N)cc3Cl)nc2O1. The number of hydrogen-bond acceptors (Lipinski definition) is 6. The summed E-state index contributed by atoms with van der Waals surface area (Å²) >= 11 is 12.8. The topological polar surface area (TPSA) is 115 Å². The first kappa shape index (κ1) is 29.4. The van der Waals surface area contributed by atoms with Gasteiger partial charge >= 0.3 is 0 Å². The quantitative estimate of drug-likeness (QED) is 0.207. The third-order valence-corrected chi connectivity index (χ3v) is 7.84. The molecule has 0 bridgehead atoms. The number of aliphatic hydroxyl groups is 1. The number of pyridine rings is 1. The number of amides is 1. The monoisotopic (exact) mass is 601 g/mol. The number of rotatable bonds is 7. The predicted octanol–water partition coefficient (Wildman–Crippen LogP) is 7.13. The highest BCUT2D eigenvalue weighted by Crippen LogP contribution is 2.46. The number of halogens is 2. The molecule has 0 aliphatic carbocycles. The van der Waals surface area contributed by atoms with Crippen LogP contribution in [0.2, 0.25) is 10.0 Å². The van der Waals surface area contributed by atoms with E-state index in [2.05, 4.69) is 11.4 Å². The minimum absolute atomic E-state index is 0.0106. The van der Waals surface area contributed by atoms with Crippen LogP contribution in [-0.2, 0) is 0 Å². The standard InChI is InChI=1S/C33H29Cl2N3O4/c1-33(2)16-21(14-23(39)18-37-31(41)25-5-3-4-6-29(25)40)27-15-26(20-8-10-22(34)11-9-20)30(38-32(27)42-33)24-12-7-19(17-36)13-28(24)35/h3-13,15,21,23,39-40H,14,16,18H2,1-2H3,(H,37,41). The third kappa shape index (κ3) is 6.37. The van der Waals surface area contributed by atoms with Crippen molar-refractivity contribution in [2.24, 2.45) is 0 Å². The van der Waals surface area contributed by atoms with Gasteiger partial charge in [-0.2, -0.15) is 5.26 Å². The Morgan fingerprint density at radius 3 is 2.55 bits per heavy atom. The fourth-order valence-corrected chi connectivity index (χ4v) is 5.71. The van der Waals surface area contributed by atoms with Crippen LogP contribution in [0.1, 0.15) is 54.1 Å². The number of nitrogens with one attached hydrogen (secondary N) is 1. The molecule has 7 nitrogen and oxygen atoms in total. The Kier molecular flexibility index (Phi) is 8.42. The zero-order valence-electron chi connectivity index (χ0n) is 23.1. The van der Waals surface area contributed by atoms with E-state index in [1.165, 1.54) is 12.1 Å². The minimum atomic E-state index is -0.863. The number of carbonyl (C=O) groups excluding carboxylic acids is 1. The van der Waals surface area contributed by atoms with Crippen molar-refractivity contribution >= 4 is 29.1 Å². The normalized spacial score (nSPS) is 16.0. The number of benzene rings is 3. The van der Waals surface area contributed by atoms with Gasteiger partial charge in [0.2, 0.25) is 5.88 Å². The van der Waals surface area contributed by atoms with Crippen LogP contribution in [0.5, 0.6) is 11.6 Å². The van der Waals surface area contributed by atoms with Gasteiger partial charge in [-0.15, -0.1) is 0 Å². The molecule has 42 heavy (non-hydrogen) atoms. The minimum Gasteiger partial charge on any atom is -0.507 e. The molecule has 9 heteroatoms. The summed E-state index contributed by atoms with van der Waals surface area (Å²) in [7, 11) is 0. The van der Waals surface area contributed by atoms with E-state index in [0.717, 1.165) is 16.7 Å². The molecule has 214 valence electrons. The van der Waals surface area contributed by atoms with E-state index < -0.39 is 17.6 Å². The van der Waals surface area contributed by atoms with Crippen LogP contribution in [0, 0.1) is 11.3 Å². The number of aliphatic hydroxyl groups excluding tert-OH is 1. The number of nitriles is 1. The molecule has 4 aromatic rings. The summed E-state index contributed by atoms with van der Waals surface area (Å²) in [6.07, 6.45) is 0.0983. The summed E-state index contributed by atoms with van der Waals surface area (Å²) in [5.74, 6) is -0.279. The van der Waals surface area contributed by atoms with Crippen molar-refractivity contribution in [2.45, 2.75) is 44.3 Å². The van der Waals surface area contributed by atoms with Crippen molar-refractivity contribution in [3.8, 4) is 40.1 Å². The highest BCUT2D eigenvalue weighted by molar-refractivity contribution is 6.33. The van der Waals surface area contributed by atoms with Crippen LogP contribution in [-0.4, -0.2) is 39.4 Å². The number of aromatic hydroxyl groups is 1. The van der Waals surface area contributed by atoms with Crippen molar-refractivity contribution in [3.05, 3.63) is 99.5 Å². The Labute approximate surface area is 254 Å². The first-order valence-corrected chi connectivity index (χ1v) is 14.2. The van der Waals surface area contributed by atoms with Gasteiger partial charge in [0.15, 0.2) is 0 Å². The summed E-state index contributed by atoms with van der Waals surface area (Å²) < 4.78 is 6.35. The molecule has 0 saturated heterocycles.